The van der Waals surface area contributed by atoms with Gasteiger partial charge in [-0.05, 0) is 41.8 Å². The van der Waals surface area contributed by atoms with Crippen molar-refractivity contribution in [3.63, 3.8) is 0 Å². The molecule has 2 aliphatic rings. The monoisotopic (exact) mass is 435 g/mol. The van der Waals surface area contributed by atoms with Crippen molar-refractivity contribution >= 4 is 33.0 Å². The normalized spacial score (nSPS) is 18.7. The number of anilines is 2. The van der Waals surface area contributed by atoms with E-state index in [4.69, 9.17) is 11.6 Å². The van der Waals surface area contributed by atoms with E-state index in [0.717, 1.165) is 53.7 Å². The van der Waals surface area contributed by atoms with Crippen LogP contribution in [0, 0.1) is 0 Å². The lowest BCUT2D eigenvalue weighted by molar-refractivity contribution is 0.109. The second kappa shape index (κ2) is 8.14. The highest BCUT2D eigenvalue weighted by Crippen LogP contribution is 2.32. The fourth-order valence-electron chi connectivity index (χ4n) is 4.15. The number of benzene rings is 2. The molecule has 1 unspecified atom stereocenters. The van der Waals surface area contributed by atoms with Crippen LogP contribution in [0.4, 0.5) is 11.4 Å². The largest absolute Gasteiger partial charge is 0.387 e. The molecule has 1 saturated heterocycles. The highest BCUT2D eigenvalue weighted by Gasteiger charge is 2.27. The Hall–Kier alpha value is -1.80. The molecule has 2 aromatic carbocycles. The van der Waals surface area contributed by atoms with Crippen LogP contribution < -0.4 is 9.21 Å². The number of fused-ring (bicyclic) bond motifs is 1. The summed E-state index contributed by atoms with van der Waals surface area (Å²) >= 11 is 6.10. The molecular weight excluding hydrogens is 410 g/mol. The molecule has 0 aliphatic carbocycles. The van der Waals surface area contributed by atoms with Crippen molar-refractivity contribution in [2.75, 3.05) is 54.7 Å². The van der Waals surface area contributed by atoms with Crippen LogP contribution in [0.1, 0.15) is 17.2 Å². The van der Waals surface area contributed by atoms with E-state index in [0.29, 0.717) is 19.5 Å². The summed E-state index contributed by atoms with van der Waals surface area (Å²) in [6.45, 7) is 4.56. The molecule has 0 radical (unpaired) electrons. The Morgan fingerprint density at radius 3 is 2.52 bits per heavy atom. The minimum atomic E-state index is -3.25. The minimum absolute atomic E-state index is 0.471. The van der Waals surface area contributed by atoms with Gasteiger partial charge in [-0.1, -0.05) is 29.8 Å². The number of nitrogens with zero attached hydrogens (tertiary/aromatic N) is 3. The second-order valence-electron chi connectivity index (χ2n) is 7.76. The Morgan fingerprint density at radius 2 is 1.83 bits per heavy atom. The summed E-state index contributed by atoms with van der Waals surface area (Å²) in [5.41, 5.74) is 3.69. The van der Waals surface area contributed by atoms with Gasteiger partial charge in [0, 0.05) is 50.0 Å². The standard InChI is InChI=1S/C21H26ClN3O3S/c1-29(27,28)25-8-7-16-13-17(5-6-20(16)25)21(26)15-23-9-11-24(12-10-23)19-4-2-3-18(22)14-19/h2-6,13-14,21,26H,7-12,15H2,1H3. The first-order chi connectivity index (χ1) is 13.8. The third kappa shape index (κ3) is 4.53. The minimum Gasteiger partial charge on any atom is -0.387 e. The highest BCUT2D eigenvalue weighted by molar-refractivity contribution is 7.92. The first kappa shape index (κ1) is 20.5. The van der Waals surface area contributed by atoms with E-state index in [-0.39, 0.29) is 0 Å². The summed E-state index contributed by atoms with van der Waals surface area (Å²) in [7, 11) is -3.25. The molecule has 2 heterocycles. The number of β-amino-alcohol motifs (C(OH)–C–C–N with tert-alkyl or cyclic N) is 1. The van der Waals surface area contributed by atoms with Crippen LogP contribution in [-0.2, 0) is 16.4 Å². The number of hydrogen-bond acceptors (Lipinski definition) is 5. The Morgan fingerprint density at radius 1 is 1.07 bits per heavy atom. The summed E-state index contributed by atoms with van der Waals surface area (Å²) < 4.78 is 25.2. The Labute approximate surface area is 177 Å². The summed E-state index contributed by atoms with van der Waals surface area (Å²) in [4.78, 5) is 4.58. The molecule has 2 aromatic rings. The van der Waals surface area contributed by atoms with Gasteiger partial charge in [-0.25, -0.2) is 8.42 Å². The Bertz CT molecular complexity index is 990. The van der Waals surface area contributed by atoms with Gasteiger partial charge in [0.2, 0.25) is 10.0 Å². The molecule has 6 nitrogen and oxygen atoms in total. The van der Waals surface area contributed by atoms with Crippen molar-refractivity contribution in [1.29, 1.82) is 0 Å². The molecule has 0 aromatic heterocycles. The van der Waals surface area contributed by atoms with Crippen molar-refractivity contribution in [1.82, 2.24) is 4.90 Å². The van der Waals surface area contributed by atoms with Gasteiger partial charge in [-0.15, -0.1) is 0 Å². The van der Waals surface area contributed by atoms with E-state index in [9.17, 15) is 13.5 Å². The maximum Gasteiger partial charge on any atom is 0.232 e. The summed E-state index contributed by atoms with van der Waals surface area (Å²) in [6.07, 6.45) is 1.32. The number of hydrogen-bond donors (Lipinski definition) is 1. The van der Waals surface area contributed by atoms with Crippen molar-refractivity contribution < 1.29 is 13.5 Å². The molecule has 2 aliphatic heterocycles. The predicted octanol–water partition coefficient (Wildman–Crippen LogP) is 2.52. The first-order valence-corrected chi connectivity index (χ1v) is 12.1. The average Bonchev–Trinajstić information content (AvgIpc) is 3.12. The molecule has 0 saturated carbocycles. The number of rotatable bonds is 5. The number of aliphatic hydroxyl groups excluding tert-OH is 1. The zero-order valence-electron chi connectivity index (χ0n) is 16.5. The van der Waals surface area contributed by atoms with Crippen molar-refractivity contribution in [2.24, 2.45) is 0 Å². The summed E-state index contributed by atoms with van der Waals surface area (Å²) in [5.74, 6) is 0. The van der Waals surface area contributed by atoms with Crippen LogP contribution in [0.3, 0.4) is 0 Å². The maximum atomic E-state index is 11.9. The number of sulfonamides is 1. The quantitative estimate of drug-likeness (QED) is 0.781. The molecule has 0 bridgehead atoms. The Kier molecular flexibility index (Phi) is 5.75. The number of piperazine rings is 1. The predicted molar refractivity (Wildman–Crippen MR) is 117 cm³/mol. The maximum absolute atomic E-state index is 11.9. The summed E-state index contributed by atoms with van der Waals surface area (Å²) in [5, 5.41) is 11.5. The van der Waals surface area contributed by atoms with Gasteiger partial charge in [-0.3, -0.25) is 9.21 Å². The SMILES string of the molecule is CS(=O)(=O)N1CCc2cc(C(O)CN3CCN(c4cccc(Cl)c4)CC3)ccc21. The van der Waals surface area contributed by atoms with Gasteiger partial charge in [0.1, 0.15) is 0 Å². The summed E-state index contributed by atoms with van der Waals surface area (Å²) in [6, 6.07) is 13.5. The van der Waals surface area contributed by atoms with Gasteiger partial charge in [0.05, 0.1) is 18.0 Å². The molecule has 156 valence electrons. The van der Waals surface area contributed by atoms with E-state index in [1.54, 1.807) is 0 Å². The Balaban J connectivity index is 1.37. The molecule has 0 spiro atoms. The molecule has 29 heavy (non-hydrogen) atoms. The first-order valence-electron chi connectivity index (χ1n) is 9.83. The fourth-order valence-corrected chi connectivity index (χ4v) is 5.30. The molecular formula is C21H26ClN3O3S. The highest BCUT2D eigenvalue weighted by atomic mass is 35.5. The zero-order valence-corrected chi connectivity index (χ0v) is 18.0. The average molecular weight is 436 g/mol. The van der Waals surface area contributed by atoms with E-state index < -0.39 is 16.1 Å². The number of halogens is 1. The van der Waals surface area contributed by atoms with Gasteiger partial charge in [0.15, 0.2) is 0 Å². The van der Waals surface area contributed by atoms with Crippen molar-refractivity contribution in [2.45, 2.75) is 12.5 Å². The van der Waals surface area contributed by atoms with Crippen molar-refractivity contribution in [3.05, 3.63) is 58.6 Å². The molecule has 1 atom stereocenters. The van der Waals surface area contributed by atoms with Crippen LogP contribution in [0.15, 0.2) is 42.5 Å². The lowest BCUT2D eigenvalue weighted by Gasteiger charge is -2.37. The molecule has 0 amide bonds. The fraction of sp³-hybridized carbons (Fsp3) is 0.429. The van der Waals surface area contributed by atoms with Crippen LogP contribution >= 0.6 is 11.6 Å². The van der Waals surface area contributed by atoms with Gasteiger partial charge in [-0.2, -0.15) is 0 Å². The van der Waals surface area contributed by atoms with E-state index in [2.05, 4.69) is 15.9 Å². The van der Waals surface area contributed by atoms with E-state index in [1.165, 1.54) is 10.6 Å². The molecule has 4 rings (SSSR count). The van der Waals surface area contributed by atoms with Crippen LogP contribution in [0.5, 0.6) is 0 Å². The second-order valence-corrected chi connectivity index (χ2v) is 10.1. The molecule has 1 N–H and O–H groups in total. The third-order valence-corrected chi connectivity index (χ3v) is 7.13. The lowest BCUT2D eigenvalue weighted by atomic mass is 10.0. The van der Waals surface area contributed by atoms with Gasteiger partial charge >= 0.3 is 0 Å². The molecule has 8 heteroatoms. The molecule has 1 fully saturated rings. The smallest absolute Gasteiger partial charge is 0.232 e. The number of aliphatic hydroxyl groups is 1. The van der Waals surface area contributed by atoms with Crippen LogP contribution in [0.25, 0.3) is 0 Å². The van der Waals surface area contributed by atoms with E-state index >= 15 is 0 Å². The zero-order chi connectivity index (χ0) is 20.6. The van der Waals surface area contributed by atoms with E-state index in [1.807, 2.05) is 36.4 Å². The third-order valence-electron chi connectivity index (χ3n) is 5.72. The van der Waals surface area contributed by atoms with Crippen LogP contribution in [-0.4, -0.2) is 63.9 Å². The van der Waals surface area contributed by atoms with Gasteiger partial charge < -0.3 is 10.0 Å². The topological polar surface area (TPSA) is 64.1 Å². The van der Waals surface area contributed by atoms with Crippen LogP contribution in [0.2, 0.25) is 5.02 Å². The van der Waals surface area contributed by atoms with Gasteiger partial charge in [0.25, 0.3) is 0 Å². The lowest BCUT2D eigenvalue weighted by Crippen LogP contribution is -2.47. The van der Waals surface area contributed by atoms with Crippen molar-refractivity contribution in [3.8, 4) is 0 Å².